The maximum Gasteiger partial charge on any atom is 0.324 e. The van der Waals surface area contributed by atoms with Crippen molar-refractivity contribution < 1.29 is 27.5 Å². The molecule has 1 aromatic carbocycles. The van der Waals surface area contributed by atoms with Crippen molar-refractivity contribution in [1.82, 2.24) is 10.0 Å². The summed E-state index contributed by atoms with van der Waals surface area (Å²) in [6, 6.07) is 4.72. The largest absolute Gasteiger partial charge is 0.497 e. The van der Waals surface area contributed by atoms with Gasteiger partial charge in [-0.2, -0.15) is 4.72 Å². The van der Waals surface area contributed by atoms with Crippen molar-refractivity contribution in [3.63, 3.8) is 0 Å². The van der Waals surface area contributed by atoms with Gasteiger partial charge in [-0.15, -0.1) is 0 Å². The van der Waals surface area contributed by atoms with Crippen LogP contribution in [0.1, 0.15) is 46.0 Å². The van der Waals surface area contributed by atoms with E-state index in [0.717, 1.165) is 12.8 Å². The quantitative estimate of drug-likeness (QED) is 0.540. The highest BCUT2D eigenvalue weighted by atomic mass is 32.2. The van der Waals surface area contributed by atoms with Crippen LogP contribution in [0, 0.1) is 11.8 Å². The van der Waals surface area contributed by atoms with E-state index in [1.807, 2.05) is 0 Å². The van der Waals surface area contributed by atoms with Gasteiger partial charge in [0.1, 0.15) is 11.8 Å². The Morgan fingerprint density at radius 2 is 1.73 bits per heavy atom. The summed E-state index contributed by atoms with van der Waals surface area (Å²) in [5, 5.41) is 2.79. The minimum atomic E-state index is -3.94. The van der Waals surface area contributed by atoms with Crippen LogP contribution in [0.5, 0.6) is 5.75 Å². The Morgan fingerprint density at radius 1 is 1.10 bits per heavy atom. The van der Waals surface area contributed by atoms with E-state index >= 15 is 0 Å². The molecule has 0 saturated heterocycles. The zero-order valence-corrected chi connectivity index (χ0v) is 18.7. The van der Waals surface area contributed by atoms with Gasteiger partial charge in [-0.1, -0.05) is 33.1 Å². The number of hydrogen-bond donors (Lipinski definition) is 2. The second-order valence-corrected chi connectivity index (χ2v) is 9.65. The van der Waals surface area contributed by atoms with E-state index in [-0.39, 0.29) is 16.7 Å². The third-order valence-electron chi connectivity index (χ3n) is 5.23. The molecule has 0 aromatic heterocycles. The lowest BCUT2D eigenvalue weighted by Crippen LogP contribution is -2.46. The fourth-order valence-corrected chi connectivity index (χ4v) is 4.71. The smallest absolute Gasteiger partial charge is 0.324 e. The van der Waals surface area contributed by atoms with Crippen molar-refractivity contribution in [2.24, 2.45) is 11.8 Å². The maximum absolute atomic E-state index is 12.6. The predicted octanol–water partition coefficient (Wildman–Crippen LogP) is 2.24. The number of nitrogens with one attached hydrogen (secondary N) is 2. The predicted molar refractivity (Wildman–Crippen MR) is 112 cm³/mol. The Kier molecular flexibility index (Phi) is 9.10. The van der Waals surface area contributed by atoms with E-state index in [1.54, 1.807) is 13.8 Å². The molecular formula is C21H32N2O6S. The molecular weight excluding hydrogens is 408 g/mol. The van der Waals surface area contributed by atoms with Crippen LogP contribution in [0.25, 0.3) is 0 Å². The first-order valence-electron chi connectivity index (χ1n) is 10.3. The van der Waals surface area contributed by atoms with Crippen LogP contribution in [0.15, 0.2) is 29.2 Å². The molecule has 0 heterocycles. The molecule has 9 heteroatoms. The molecule has 8 nitrogen and oxygen atoms in total. The topological polar surface area (TPSA) is 111 Å². The molecule has 1 fully saturated rings. The third kappa shape index (κ3) is 7.28. The number of carbonyl (C=O) groups is 2. The highest BCUT2D eigenvalue weighted by Crippen LogP contribution is 2.22. The average molecular weight is 441 g/mol. The van der Waals surface area contributed by atoms with Crippen molar-refractivity contribution >= 4 is 21.9 Å². The standard InChI is InChI=1S/C21H32N2O6S/c1-15(2)20(23-30(26,27)18-11-9-17(28-3)10-12-18)21(25)29-14-19(24)22-13-16-7-5-4-6-8-16/h9-12,15-16,20,23H,4-8,13-14H2,1-3H3,(H,22,24)/t20-/m0/s1. The number of carbonyl (C=O) groups excluding carboxylic acids is 2. The maximum atomic E-state index is 12.6. The number of amides is 1. The summed E-state index contributed by atoms with van der Waals surface area (Å²) < 4.78 is 37.7. The van der Waals surface area contributed by atoms with Gasteiger partial charge in [-0.05, 0) is 48.9 Å². The van der Waals surface area contributed by atoms with Crippen LogP contribution in [0.2, 0.25) is 0 Å². The van der Waals surface area contributed by atoms with Gasteiger partial charge in [0.15, 0.2) is 6.61 Å². The summed E-state index contributed by atoms with van der Waals surface area (Å²) in [6.45, 7) is 3.55. The first-order valence-corrected chi connectivity index (χ1v) is 11.8. The fourth-order valence-electron chi connectivity index (χ4n) is 3.37. The van der Waals surface area contributed by atoms with Crippen LogP contribution < -0.4 is 14.8 Å². The van der Waals surface area contributed by atoms with Crippen molar-refractivity contribution in [3.05, 3.63) is 24.3 Å². The molecule has 1 atom stereocenters. The van der Waals surface area contributed by atoms with E-state index in [0.29, 0.717) is 18.2 Å². The van der Waals surface area contributed by atoms with Crippen LogP contribution in [-0.4, -0.2) is 46.6 Å². The molecule has 1 aliphatic rings. The summed E-state index contributed by atoms with van der Waals surface area (Å²) in [7, 11) is -2.46. The number of methoxy groups -OCH3 is 1. The number of benzene rings is 1. The minimum absolute atomic E-state index is 0.00646. The number of esters is 1. The van der Waals surface area contributed by atoms with Crippen LogP contribution in [0.4, 0.5) is 0 Å². The van der Waals surface area contributed by atoms with E-state index < -0.39 is 28.6 Å². The van der Waals surface area contributed by atoms with Gasteiger partial charge in [0, 0.05) is 6.54 Å². The second-order valence-electron chi connectivity index (χ2n) is 7.93. The highest BCUT2D eigenvalue weighted by molar-refractivity contribution is 7.89. The lowest BCUT2D eigenvalue weighted by atomic mass is 9.89. The SMILES string of the molecule is COc1ccc(S(=O)(=O)N[C@H](C(=O)OCC(=O)NCC2CCCCC2)C(C)C)cc1. The number of ether oxygens (including phenoxy) is 2. The molecule has 0 spiro atoms. The van der Waals surface area contributed by atoms with Gasteiger partial charge >= 0.3 is 5.97 Å². The normalized spacial score (nSPS) is 16.1. The zero-order valence-electron chi connectivity index (χ0n) is 17.8. The fraction of sp³-hybridized carbons (Fsp3) is 0.619. The zero-order chi connectivity index (χ0) is 22.1. The first-order chi connectivity index (χ1) is 14.2. The van der Waals surface area contributed by atoms with E-state index in [9.17, 15) is 18.0 Å². The van der Waals surface area contributed by atoms with Gasteiger partial charge in [-0.3, -0.25) is 9.59 Å². The Bertz CT molecular complexity index is 801. The summed E-state index contributed by atoms with van der Waals surface area (Å²) in [4.78, 5) is 24.5. The number of sulfonamides is 1. The molecule has 2 rings (SSSR count). The highest BCUT2D eigenvalue weighted by Gasteiger charge is 2.30. The number of rotatable bonds is 10. The average Bonchev–Trinajstić information content (AvgIpc) is 2.75. The van der Waals surface area contributed by atoms with Gasteiger partial charge in [0.05, 0.1) is 12.0 Å². The van der Waals surface area contributed by atoms with Gasteiger partial charge in [0.25, 0.3) is 5.91 Å². The molecule has 0 unspecified atom stereocenters. The Morgan fingerprint density at radius 3 is 2.30 bits per heavy atom. The Labute approximate surface area is 178 Å². The molecule has 2 N–H and O–H groups in total. The molecule has 0 radical (unpaired) electrons. The van der Waals surface area contributed by atoms with Crippen LogP contribution >= 0.6 is 0 Å². The van der Waals surface area contributed by atoms with Gasteiger partial charge in [-0.25, -0.2) is 8.42 Å². The monoisotopic (exact) mass is 440 g/mol. The summed E-state index contributed by atoms with van der Waals surface area (Å²) in [5.41, 5.74) is 0. The lowest BCUT2D eigenvalue weighted by molar-refractivity contribution is -0.151. The molecule has 1 aromatic rings. The second kappa shape index (κ2) is 11.3. The van der Waals surface area contributed by atoms with Crippen molar-refractivity contribution in [2.45, 2.75) is 56.9 Å². The van der Waals surface area contributed by atoms with Gasteiger partial charge < -0.3 is 14.8 Å². The van der Waals surface area contributed by atoms with Crippen LogP contribution in [-0.2, 0) is 24.3 Å². The molecule has 1 amide bonds. The Balaban J connectivity index is 1.89. The summed E-state index contributed by atoms with van der Waals surface area (Å²) >= 11 is 0. The van der Waals surface area contributed by atoms with E-state index in [1.165, 1.54) is 50.6 Å². The lowest BCUT2D eigenvalue weighted by Gasteiger charge is -2.22. The van der Waals surface area contributed by atoms with E-state index in [2.05, 4.69) is 10.0 Å². The Hall–Kier alpha value is -2.13. The molecule has 1 aliphatic carbocycles. The molecule has 30 heavy (non-hydrogen) atoms. The van der Waals surface area contributed by atoms with Gasteiger partial charge in [0.2, 0.25) is 10.0 Å². The minimum Gasteiger partial charge on any atom is -0.497 e. The molecule has 0 bridgehead atoms. The van der Waals surface area contributed by atoms with Crippen molar-refractivity contribution in [2.75, 3.05) is 20.3 Å². The molecule has 168 valence electrons. The van der Waals surface area contributed by atoms with E-state index in [4.69, 9.17) is 9.47 Å². The number of hydrogen-bond acceptors (Lipinski definition) is 6. The molecule has 1 saturated carbocycles. The third-order valence-corrected chi connectivity index (χ3v) is 6.69. The van der Waals surface area contributed by atoms with Crippen molar-refractivity contribution in [1.29, 1.82) is 0 Å². The first kappa shape index (κ1) is 24.1. The van der Waals surface area contributed by atoms with Crippen LogP contribution in [0.3, 0.4) is 0 Å². The molecule has 0 aliphatic heterocycles. The summed E-state index contributed by atoms with van der Waals surface area (Å²) in [5.74, 6) is -0.536. The summed E-state index contributed by atoms with van der Waals surface area (Å²) in [6.07, 6.45) is 5.80. The van der Waals surface area contributed by atoms with Crippen molar-refractivity contribution in [3.8, 4) is 5.75 Å².